The summed E-state index contributed by atoms with van der Waals surface area (Å²) in [7, 11) is 0. The Morgan fingerprint density at radius 3 is 2.59 bits per heavy atom. The molecule has 0 aliphatic carbocycles. The summed E-state index contributed by atoms with van der Waals surface area (Å²) in [5.41, 5.74) is 1.67. The van der Waals surface area contributed by atoms with Crippen molar-refractivity contribution in [2.75, 3.05) is 31.1 Å². The minimum Gasteiger partial charge on any atom is -0.488 e. The molecule has 2 aliphatic rings. The Balaban J connectivity index is 1.67. The first kappa shape index (κ1) is 26.6. The molecule has 2 aromatic carbocycles. The van der Waals surface area contributed by atoms with Crippen molar-refractivity contribution in [2.24, 2.45) is 0 Å². The lowest BCUT2D eigenvalue weighted by Gasteiger charge is -2.35. The third kappa shape index (κ3) is 4.25. The lowest BCUT2D eigenvalue weighted by Crippen LogP contribution is -2.49. The zero-order chi connectivity index (χ0) is 29.0. The van der Waals surface area contributed by atoms with Crippen LogP contribution < -0.4 is 15.3 Å². The monoisotopic (exact) mass is 557 g/mol. The van der Waals surface area contributed by atoms with E-state index in [0.29, 0.717) is 48.5 Å². The Kier molecular flexibility index (Phi) is 6.56. The molecule has 0 saturated carbocycles. The lowest BCUT2D eigenvalue weighted by molar-refractivity contribution is -0.126. The van der Waals surface area contributed by atoms with E-state index in [-0.39, 0.29) is 46.6 Å². The van der Waals surface area contributed by atoms with Crippen LogP contribution in [-0.4, -0.2) is 51.5 Å². The number of benzene rings is 2. The average molecular weight is 558 g/mol. The van der Waals surface area contributed by atoms with Gasteiger partial charge in [-0.05, 0) is 42.7 Å². The largest absolute Gasteiger partial charge is 0.488 e. The second kappa shape index (κ2) is 10.1. The van der Waals surface area contributed by atoms with Gasteiger partial charge in [-0.25, -0.2) is 13.6 Å². The van der Waals surface area contributed by atoms with Gasteiger partial charge in [-0.2, -0.15) is 4.98 Å². The predicted molar refractivity (Wildman–Crippen MR) is 153 cm³/mol. The van der Waals surface area contributed by atoms with Gasteiger partial charge >= 0.3 is 5.69 Å². The average Bonchev–Trinajstić information content (AvgIpc) is 2.97. The highest BCUT2D eigenvalue weighted by Crippen LogP contribution is 2.45. The van der Waals surface area contributed by atoms with E-state index in [1.54, 1.807) is 35.4 Å². The van der Waals surface area contributed by atoms with E-state index in [0.717, 1.165) is 5.56 Å². The van der Waals surface area contributed by atoms with E-state index in [1.165, 1.54) is 16.7 Å². The maximum atomic E-state index is 17.0. The molecule has 0 unspecified atom stereocenters. The molecule has 0 N–H and O–H groups in total. The van der Waals surface area contributed by atoms with Gasteiger partial charge in [0.25, 0.3) is 0 Å². The molecule has 0 radical (unpaired) electrons. The van der Waals surface area contributed by atoms with Crippen LogP contribution in [0.25, 0.3) is 27.7 Å². The zero-order valence-electron chi connectivity index (χ0n) is 23.1. The molecule has 2 aliphatic heterocycles. The Bertz CT molecular complexity index is 1790. The number of rotatable bonds is 4. The summed E-state index contributed by atoms with van der Waals surface area (Å²) < 4.78 is 39.4. The Hall–Kier alpha value is -4.60. The molecule has 41 heavy (non-hydrogen) atoms. The molecule has 1 saturated heterocycles. The highest BCUT2D eigenvalue weighted by atomic mass is 19.1. The quantitative estimate of drug-likeness (QED) is 0.333. The fourth-order valence-electron chi connectivity index (χ4n) is 5.77. The molecule has 210 valence electrons. The number of nitrogens with zero attached hydrogens (tertiary/aromatic N) is 5. The molecule has 1 amide bonds. The first-order valence-corrected chi connectivity index (χ1v) is 13.5. The molecular weight excluding hydrogens is 528 g/mol. The van der Waals surface area contributed by atoms with Gasteiger partial charge in [0, 0.05) is 48.9 Å². The summed E-state index contributed by atoms with van der Waals surface area (Å²) >= 11 is 0. The fourth-order valence-corrected chi connectivity index (χ4v) is 5.77. The number of carbonyl (C=O) groups excluding carboxylic acids is 1. The van der Waals surface area contributed by atoms with Crippen LogP contribution in [0.1, 0.15) is 36.6 Å². The number of hydrogen-bond acceptors (Lipinski definition) is 6. The summed E-state index contributed by atoms with van der Waals surface area (Å²) in [6.45, 7) is 10.9. The molecule has 0 atom stereocenters. The van der Waals surface area contributed by atoms with E-state index in [9.17, 15) is 9.59 Å². The van der Waals surface area contributed by atoms with Crippen molar-refractivity contribution in [1.29, 1.82) is 0 Å². The number of anilines is 1. The van der Waals surface area contributed by atoms with Crippen LogP contribution in [0.15, 0.2) is 54.0 Å². The number of aromatic nitrogens is 3. The first-order chi connectivity index (χ1) is 19.7. The van der Waals surface area contributed by atoms with Crippen LogP contribution in [0, 0.1) is 18.6 Å². The van der Waals surface area contributed by atoms with Gasteiger partial charge in [0.1, 0.15) is 24.0 Å². The number of hydrogen-bond donors (Lipinski definition) is 0. The number of carbonyl (C=O) groups is 1. The van der Waals surface area contributed by atoms with Gasteiger partial charge in [-0.1, -0.05) is 32.6 Å². The summed E-state index contributed by atoms with van der Waals surface area (Å²) in [6.07, 6.45) is 2.92. The topological polar surface area (TPSA) is 80.6 Å². The molecule has 0 spiro atoms. The summed E-state index contributed by atoms with van der Waals surface area (Å²) in [6, 6.07) is 7.95. The lowest BCUT2D eigenvalue weighted by atomic mass is 9.94. The number of ether oxygens (including phenoxy) is 1. The second-order valence-corrected chi connectivity index (χ2v) is 10.6. The van der Waals surface area contributed by atoms with Crippen molar-refractivity contribution >= 4 is 22.6 Å². The SMILES string of the molecule is C=CC(=O)N1CCN(c2nc(=O)n(-c3c(C)ccnc3C(C)C)c3c(F)c4c(cc23)OCc2cccc(F)c2-4)CC1. The number of halogens is 2. The highest BCUT2D eigenvalue weighted by Gasteiger charge is 2.32. The molecule has 2 aromatic heterocycles. The summed E-state index contributed by atoms with van der Waals surface area (Å²) in [5, 5.41) is 0.349. The number of aryl methyl sites for hydroxylation is 1. The Morgan fingerprint density at radius 2 is 1.88 bits per heavy atom. The molecule has 0 bridgehead atoms. The molecule has 6 rings (SSSR count). The van der Waals surface area contributed by atoms with Gasteiger partial charge < -0.3 is 14.5 Å². The van der Waals surface area contributed by atoms with Crippen molar-refractivity contribution < 1.29 is 18.3 Å². The van der Waals surface area contributed by atoms with E-state index >= 15 is 8.78 Å². The number of amides is 1. The van der Waals surface area contributed by atoms with Crippen LogP contribution in [0.3, 0.4) is 0 Å². The maximum Gasteiger partial charge on any atom is 0.354 e. The van der Waals surface area contributed by atoms with E-state index < -0.39 is 17.3 Å². The smallest absolute Gasteiger partial charge is 0.354 e. The van der Waals surface area contributed by atoms with Crippen LogP contribution in [0.4, 0.5) is 14.6 Å². The standard InChI is InChI=1S/C31H29F2N5O3/c1-5-23(39)36-11-13-37(14-12-36)30-20-15-22-25(24-19(16-41-22)7-6-8-21(24)32)26(33)29(20)38(31(40)35-30)28-18(4)9-10-34-27(28)17(2)3/h5-10,15,17H,1,11-14,16H2,2-4H3. The Labute approximate surface area is 235 Å². The van der Waals surface area contributed by atoms with Crippen molar-refractivity contribution in [3.05, 3.63) is 88.1 Å². The van der Waals surface area contributed by atoms with Crippen molar-refractivity contribution in [3.63, 3.8) is 0 Å². The maximum absolute atomic E-state index is 17.0. The number of piperazine rings is 1. The minimum atomic E-state index is -0.775. The number of pyridine rings is 1. The van der Waals surface area contributed by atoms with Crippen molar-refractivity contribution in [2.45, 2.75) is 33.3 Å². The fraction of sp³-hybridized carbons (Fsp3) is 0.290. The second-order valence-electron chi connectivity index (χ2n) is 10.6. The third-order valence-corrected chi connectivity index (χ3v) is 7.79. The Morgan fingerprint density at radius 1 is 1.12 bits per heavy atom. The van der Waals surface area contributed by atoms with Crippen LogP contribution in [0.5, 0.6) is 5.75 Å². The van der Waals surface area contributed by atoms with Crippen LogP contribution in [-0.2, 0) is 11.4 Å². The number of fused-ring (bicyclic) bond motifs is 4. The molecule has 4 heterocycles. The molecular formula is C31H29F2N5O3. The summed E-state index contributed by atoms with van der Waals surface area (Å²) in [5.74, 6) is -1.15. The molecule has 10 heteroatoms. The predicted octanol–water partition coefficient (Wildman–Crippen LogP) is 4.88. The van der Waals surface area contributed by atoms with Crippen molar-refractivity contribution in [1.82, 2.24) is 19.4 Å². The van der Waals surface area contributed by atoms with E-state index in [1.807, 2.05) is 25.7 Å². The molecule has 1 fully saturated rings. The van der Waals surface area contributed by atoms with Gasteiger partial charge in [-0.15, -0.1) is 0 Å². The minimum absolute atomic E-state index is 0.0268. The van der Waals surface area contributed by atoms with Gasteiger partial charge in [0.05, 0.1) is 22.5 Å². The zero-order valence-corrected chi connectivity index (χ0v) is 23.1. The molecule has 4 aromatic rings. The third-order valence-electron chi connectivity index (χ3n) is 7.79. The van der Waals surface area contributed by atoms with Gasteiger partial charge in [0.2, 0.25) is 5.91 Å². The molecule has 8 nitrogen and oxygen atoms in total. The van der Waals surface area contributed by atoms with Crippen molar-refractivity contribution in [3.8, 4) is 22.6 Å². The summed E-state index contributed by atoms with van der Waals surface area (Å²) in [4.78, 5) is 38.6. The van der Waals surface area contributed by atoms with E-state index in [4.69, 9.17) is 4.74 Å². The van der Waals surface area contributed by atoms with E-state index in [2.05, 4.69) is 16.5 Å². The van der Waals surface area contributed by atoms with Crippen LogP contribution >= 0.6 is 0 Å². The highest BCUT2D eigenvalue weighted by molar-refractivity contribution is 5.98. The van der Waals surface area contributed by atoms with Crippen LogP contribution in [0.2, 0.25) is 0 Å². The van der Waals surface area contributed by atoms with Gasteiger partial charge in [-0.3, -0.25) is 14.3 Å². The van der Waals surface area contributed by atoms with Gasteiger partial charge in [0.15, 0.2) is 5.82 Å². The normalized spacial score (nSPS) is 14.6. The first-order valence-electron chi connectivity index (χ1n) is 13.5.